The highest BCUT2D eigenvalue weighted by atomic mass is 79.9. The van der Waals surface area contributed by atoms with Crippen molar-refractivity contribution in [1.29, 1.82) is 0 Å². The molecule has 1 atom stereocenters. The molecule has 21 heavy (non-hydrogen) atoms. The van der Waals surface area contributed by atoms with Crippen molar-refractivity contribution in [1.82, 2.24) is 5.32 Å². The van der Waals surface area contributed by atoms with E-state index in [1.807, 2.05) is 19.2 Å². The molecule has 0 amide bonds. The van der Waals surface area contributed by atoms with Crippen molar-refractivity contribution in [3.8, 4) is 5.75 Å². The Hall–Kier alpha value is -1.32. The molecule has 0 saturated heterocycles. The van der Waals surface area contributed by atoms with Gasteiger partial charge in [-0.25, -0.2) is 0 Å². The molecule has 1 N–H and O–H groups in total. The van der Waals surface area contributed by atoms with Crippen molar-refractivity contribution < 1.29 is 4.74 Å². The molecule has 0 aliphatic carbocycles. The molecule has 0 aliphatic heterocycles. The van der Waals surface area contributed by atoms with E-state index in [1.54, 1.807) is 7.11 Å². The number of ether oxygens (including phenoxy) is 1. The van der Waals surface area contributed by atoms with Crippen molar-refractivity contribution >= 4 is 15.9 Å². The number of methoxy groups -OCH3 is 1. The molecule has 0 aliphatic rings. The predicted molar refractivity (Wildman–Crippen MR) is 92.1 cm³/mol. The minimum Gasteiger partial charge on any atom is -0.497 e. The normalized spacial score (nSPS) is 12.2. The number of hydrogen-bond acceptors (Lipinski definition) is 2. The van der Waals surface area contributed by atoms with E-state index >= 15 is 0 Å². The highest BCUT2D eigenvalue weighted by molar-refractivity contribution is 9.10. The molecule has 112 valence electrons. The quantitative estimate of drug-likeness (QED) is 0.854. The molecule has 1 unspecified atom stereocenters. The number of rotatable bonds is 5. The summed E-state index contributed by atoms with van der Waals surface area (Å²) in [6, 6.07) is 12.8. The van der Waals surface area contributed by atoms with Crippen LogP contribution in [0.15, 0.2) is 40.9 Å². The monoisotopic (exact) mass is 347 g/mol. The van der Waals surface area contributed by atoms with Gasteiger partial charge in [0.15, 0.2) is 0 Å². The number of benzene rings is 2. The van der Waals surface area contributed by atoms with Gasteiger partial charge >= 0.3 is 0 Å². The summed E-state index contributed by atoms with van der Waals surface area (Å²) >= 11 is 3.66. The van der Waals surface area contributed by atoms with Gasteiger partial charge in [-0.1, -0.05) is 34.1 Å². The van der Waals surface area contributed by atoms with Gasteiger partial charge in [0.2, 0.25) is 0 Å². The molecule has 0 fully saturated rings. The van der Waals surface area contributed by atoms with Crippen molar-refractivity contribution in [3.05, 3.63) is 63.1 Å². The third kappa shape index (κ3) is 3.66. The number of nitrogens with one attached hydrogen (secondary N) is 1. The maximum absolute atomic E-state index is 5.35. The molecule has 2 nitrogen and oxygen atoms in total. The highest BCUT2D eigenvalue weighted by Gasteiger charge is 2.16. The average Bonchev–Trinajstić information content (AvgIpc) is 2.48. The summed E-state index contributed by atoms with van der Waals surface area (Å²) in [7, 11) is 3.71. The van der Waals surface area contributed by atoms with Crippen LogP contribution in [-0.2, 0) is 6.42 Å². The molecule has 0 bridgehead atoms. The summed E-state index contributed by atoms with van der Waals surface area (Å²) in [4.78, 5) is 0. The second-order valence-electron chi connectivity index (χ2n) is 5.30. The zero-order chi connectivity index (χ0) is 15.4. The lowest BCUT2D eigenvalue weighted by atomic mass is 9.93. The molecule has 0 spiro atoms. The minimum atomic E-state index is 0.245. The van der Waals surface area contributed by atoms with Gasteiger partial charge in [-0.2, -0.15) is 0 Å². The van der Waals surface area contributed by atoms with Gasteiger partial charge in [0.05, 0.1) is 7.11 Å². The number of aryl methyl sites for hydroxylation is 2. The van der Waals surface area contributed by atoms with Crippen molar-refractivity contribution in [2.24, 2.45) is 0 Å². The number of hydrogen-bond donors (Lipinski definition) is 1. The molecule has 2 rings (SSSR count). The Balaban J connectivity index is 2.36. The van der Waals surface area contributed by atoms with Crippen LogP contribution in [0.3, 0.4) is 0 Å². The summed E-state index contributed by atoms with van der Waals surface area (Å²) in [5.41, 5.74) is 5.31. The van der Waals surface area contributed by atoms with Crippen LogP contribution in [0.2, 0.25) is 0 Å². The topological polar surface area (TPSA) is 21.3 Å². The van der Waals surface area contributed by atoms with Crippen molar-refractivity contribution in [2.75, 3.05) is 14.2 Å². The lowest BCUT2D eigenvalue weighted by Crippen LogP contribution is -2.20. The molecule has 0 aromatic heterocycles. The van der Waals surface area contributed by atoms with Gasteiger partial charge in [-0.05, 0) is 67.8 Å². The van der Waals surface area contributed by atoms with E-state index in [2.05, 4.69) is 59.4 Å². The summed E-state index contributed by atoms with van der Waals surface area (Å²) in [5, 5.41) is 3.43. The van der Waals surface area contributed by atoms with Crippen molar-refractivity contribution in [2.45, 2.75) is 26.3 Å². The minimum absolute atomic E-state index is 0.245. The van der Waals surface area contributed by atoms with Crippen LogP contribution in [0.25, 0.3) is 0 Å². The zero-order valence-corrected chi connectivity index (χ0v) is 14.6. The summed E-state index contributed by atoms with van der Waals surface area (Å²) < 4.78 is 6.46. The van der Waals surface area contributed by atoms with Gasteiger partial charge in [0.25, 0.3) is 0 Å². The molecular weight excluding hydrogens is 326 g/mol. The van der Waals surface area contributed by atoms with Crippen LogP contribution < -0.4 is 10.1 Å². The Morgan fingerprint density at radius 2 is 1.81 bits per heavy atom. The van der Waals surface area contributed by atoms with Crippen LogP contribution in [0.4, 0.5) is 0 Å². The molecule has 2 aromatic carbocycles. The van der Waals surface area contributed by atoms with E-state index in [-0.39, 0.29) is 6.04 Å². The fourth-order valence-electron chi connectivity index (χ4n) is 2.66. The van der Waals surface area contributed by atoms with Gasteiger partial charge in [0.1, 0.15) is 5.75 Å². The van der Waals surface area contributed by atoms with Crippen LogP contribution in [-0.4, -0.2) is 14.2 Å². The summed E-state index contributed by atoms with van der Waals surface area (Å²) in [5.74, 6) is 0.884. The standard InChI is InChI=1S/C18H22BrNO/c1-12-6-5-7-13(2)15(12)11-18(20-3)16-10-14(21-4)8-9-17(16)19/h5-10,18,20H,11H2,1-4H3. The van der Waals surface area contributed by atoms with E-state index in [9.17, 15) is 0 Å². The average molecular weight is 348 g/mol. The largest absolute Gasteiger partial charge is 0.497 e. The first-order valence-corrected chi connectivity index (χ1v) is 7.92. The molecular formula is C18H22BrNO. The Kier molecular flexibility index (Phi) is 5.43. The Morgan fingerprint density at radius 3 is 2.38 bits per heavy atom. The van der Waals surface area contributed by atoms with Crippen molar-refractivity contribution in [3.63, 3.8) is 0 Å². The van der Waals surface area contributed by atoms with E-state index in [4.69, 9.17) is 4.74 Å². The van der Waals surface area contributed by atoms with Gasteiger partial charge in [0, 0.05) is 10.5 Å². The summed E-state index contributed by atoms with van der Waals surface area (Å²) in [6.45, 7) is 4.35. The third-order valence-electron chi connectivity index (χ3n) is 3.98. The Bertz CT molecular complexity index is 604. The fourth-order valence-corrected chi connectivity index (χ4v) is 3.18. The van der Waals surface area contributed by atoms with Crippen LogP contribution >= 0.6 is 15.9 Å². The second kappa shape index (κ2) is 7.10. The maximum atomic E-state index is 5.35. The molecule has 0 heterocycles. The molecule has 3 heteroatoms. The zero-order valence-electron chi connectivity index (χ0n) is 13.0. The summed E-state index contributed by atoms with van der Waals surface area (Å²) in [6.07, 6.45) is 0.959. The van der Waals surface area contributed by atoms with Gasteiger partial charge in [-0.15, -0.1) is 0 Å². The predicted octanol–water partition coefficient (Wildman–Crippen LogP) is 4.58. The fraction of sp³-hybridized carbons (Fsp3) is 0.333. The Labute approximate surface area is 135 Å². The van der Waals surface area contributed by atoms with Crippen LogP contribution in [0, 0.1) is 13.8 Å². The second-order valence-corrected chi connectivity index (χ2v) is 6.16. The van der Waals surface area contributed by atoms with Crippen LogP contribution in [0.1, 0.15) is 28.3 Å². The first-order valence-electron chi connectivity index (χ1n) is 7.12. The Morgan fingerprint density at radius 1 is 1.14 bits per heavy atom. The van der Waals surface area contributed by atoms with E-state index in [0.29, 0.717) is 0 Å². The van der Waals surface area contributed by atoms with Gasteiger partial charge < -0.3 is 10.1 Å². The third-order valence-corrected chi connectivity index (χ3v) is 4.70. The molecule has 2 aromatic rings. The van der Waals surface area contributed by atoms with Gasteiger partial charge in [-0.3, -0.25) is 0 Å². The molecule has 0 radical (unpaired) electrons. The maximum Gasteiger partial charge on any atom is 0.119 e. The SMILES string of the molecule is CNC(Cc1c(C)cccc1C)c1cc(OC)ccc1Br. The van der Waals surface area contributed by atoms with Crippen LogP contribution in [0.5, 0.6) is 5.75 Å². The highest BCUT2D eigenvalue weighted by Crippen LogP contribution is 2.31. The van der Waals surface area contributed by atoms with E-state index in [0.717, 1.165) is 16.6 Å². The lowest BCUT2D eigenvalue weighted by Gasteiger charge is -2.21. The molecule has 0 saturated carbocycles. The van der Waals surface area contributed by atoms with E-state index < -0.39 is 0 Å². The first kappa shape index (κ1) is 16.1. The first-order chi connectivity index (χ1) is 10.1. The van der Waals surface area contributed by atoms with E-state index in [1.165, 1.54) is 22.3 Å². The smallest absolute Gasteiger partial charge is 0.119 e. The number of halogens is 1. The number of likely N-dealkylation sites (N-methyl/N-ethyl adjacent to an activating group) is 1. The lowest BCUT2D eigenvalue weighted by molar-refractivity contribution is 0.413.